The minimum absolute atomic E-state index is 0.108. The number of hydrogen-bond acceptors (Lipinski definition) is 2. The van der Waals surface area contributed by atoms with Gasteiger partial charge in [0.1, 0.15) is 0 Å². The van der Waals surface area contributed by atoms with Crippen LogP contribution in [0, 0.1) is 23.7 Å². The Hall–Kier alpha value is -1.84. The predicted molar refractivity (Wildman–Crippen MR) is 101 cm³/mol. The van der Waals surface area contributed by atoms with Gasteiger partial charge in [-0.25, -0.2) is 4.90 Å². The van der Waals surface area contributed by atoms with Crippen LogP contribution in [-0.4, -0.2) is 11.8 Å². The molecule has 1 saturated heterocycles. The van der Waals surface area contributed by atoms with E-state index in [0.29, 0.717) is 21.7 Å². The second-order valence-electron chi connectivity index (χ2n) is 7.57. The molecule has 0 radical (unpaired) electrons. The van der Waals surface area contributed by atoms with Crippen molar-refractivity contribution in [3.05, 3.63) is 64.1 Å². The summed E-state index contributed by atoms with van der Waals surface area (Å²) in [7, 11) is 0. The molecule has 0 aromatic heterocycles. The molecule has 2 amide bonds. The van der Waals surface area contributed by atoms with Crippen molar-refractivity contribution in [1.29, 1.82) is 0 Å². The molecule has 2 aliphatic carbocycles. The monoisotopic (exact) mass is 385 g/mol. The van der Waals surface area contributed by atoms with Crippen LogP contribution in [0.1, 0.15) is 24.3 Å². The van der Waals surface area contributed by atoms with Gasteiger partial charge in [0.2, 0.25) is 11.8 Å². The second kappa shape index (κ2) is 5.83. The van der Waals surface area contributed by atoms with Crippen LogP contribution in [0.4, 0.5) is 5.69 Å². The van der Waals surface area contributed by atoms with Crippen LogP contribution in [0.3, 0.4) is 0 Å². The van der Waals surface area contributed by atoms with Gasteiger partial charge in [0.25, 0.3) is 0 Å². The fraction of sp³-hybridized carbons (Fsp3) is 0.333. The summed E-state index contributed by atoms with van der Waals surface area (Å²) in [6.07, 6.45) is 1.94. The third-order valence-electron chi connectivity index (χ3n) is 6.39. The molecule has 2 bridgehead atoms. The lowest BCUT2D eigenvalue weighted by atomic mass is 9.73. The van der Waals surface area contributed by atoms with Crippen molar-refractivity contribution < 1.29 is 9.59 Å². The molecule has 1 aliphatic heterocycles. The van der Waals surface area contributed by atoms with Gasteiger partial charge in [-0.2, -0.15) is 0 Å². The minimum atomic E-state index is -0.235. The SMILES string of the molecule is O=C1[C@@H]2[C@H]3C[C@@H]([C@@H]2C(=O)N1c1cc(Cl)ccc1Cl)[C@H](c1ccccc1)C3. The lowest BCUT2D eigenvalue weighted by Gasteiger charge is -2.28. The topological polar surface area (TPSA) is 37.4 Å². The van der Waals surface area contributed by atoms with E-state index < -0.39 is 0 Å². The zero-order valence-electron chi connectivity index (χ0n) is 13.9. The maximum Gasteiger partial charge on any atom is 0.238 e. The lowest BCUT2D eigenvalue weighted by molar-refractivity contribution is -0.123. The molecule has 5 heteroatoms. The number of hydrogen-bond donors (Lipinski definition) is 0. The number of amides is 2. The van der Waals surface area contributed by atoms with E-state index in [2.05, 4.69) is 12.1 Å². The van der Waals surface area contributed by atoms with Gasteiger partial charge in [0.15, 0.2) is 0 Å². The van der Waals surface area contributed by atoms with E-state index in [1.54, 1.807) is 18.2 Å². The normalized spacial score (nSPS) is 32.4. The molecule has 2 aromatic rings. The largest absolute Gasteiger partial charge is 0.274 e. The maximum absolute atomic E-state index is 13.2. The van der Waals surface area contributed by atoms with E-state index in [-0.39, 0.29) is 35.5 Å². The Morgan fingerprint density at radius 1 is 0.885 bits per heavy atom. The number of fused-ring (bicyclic) bond motifs is 5. The third kappa shape index (κ3) is 2.20. The molecule has 3 fully saturated rings. The minimum Gasteiger partial charge on any atom is -0.274 e. The van der Waals surface area contributed by atoms with E-state index in [1.165, 1.54) is 10.5 Å². The van der Waals surface area contributed by atoms with Gasteiger partial charge in [-0.3, -0.25) is 9.59 Å². The van der Waals surface area contributed by atoms with Crippen LogP contribution in [0.15, 0.2) is 48.5 Å². The van der Waals surface area contributed by atoms with Gasteiger partial charge in [-0.15, -0.1) is 0 Å². The zero-order valence-corrected chi connectivity index (χ0v) is 15.5. The van der Waals surface area contributed by atoms with Gasteiger partial charge in [-0.05, 0) is 54.4 Å². The summed E-state index contributed by atoms with van der Waals surface area (Å²) < 4.78 is 0. The average Bonchev–Trinajstić information content (AvgIpc) is 3.30. The number of benzene rings is 2. The smallest absolute Gasteiger partial charge is 0.238 e. The van der Waals surface area contributed by atoms with E-state index in [4.69, 9.17) is 23.2 Å². The van der Waals surface area contributed by atoms with Crippen molar-refractivity contribution in [2.45, 2.75) is 18.8 Å². The Labute approximate surface area is 161 Å². The van der Waals surface area contributed by atoms with Crippen molar-refractivity contribution in [2.24, 2.45) is 23.7 Å². The predicted octanol–water partition coefficient (Wildman–Crippen LogP) is 4.92. The molecule has 26 heavy (non-hydrogen) atoms. The molecule has 0 spiro atoms. The molecular weight excluding hydrogens is 369 g/mol. The van der Waals surface area contributed by atoms with E-state index in [0.717, 1.165) is 12.8 Å². The first kappa shape index (κ1) is 16.3. The molecule has 5 rings (SSSR count). The summed E-state index contributed by atoms with van der Waals surface area (Å²) in [5.74, 6) is 0.194. The second-order valence-corrected chi connectivity index (χ2v) is 8.42. The zero-order chi connectivity index (χ0) is 18.0. The first-order valence-electron chi connectivity index (χ1n) is 8.94. The molecule has 1 heterocycles. The van der Waals surface area contributed by atoms with Crippen molar-refractivity contribution in [3.8, 4) is 0 Å². The number of carbonyl (C=O) groups excluding carboxylic acids is 2. The quantitative estimate of drug-likeness (QED) is 0.687. The van der Waals surface area contributed by atoms with Crippen LogP contribution >= 0.6 is 23.2 Å². The first-order valence-corrected chi connectivity index (χ1v) is 9.69. The first-order chi connectivity index (χ1) is 12.6. The van der Waals surface area contributed by atoms with Crippen LogP contribution < -0.4 is 4.90 Å². The van der Waals surface area contributed by atoms with Crippen molar-refractivity contribution in [3.63, 3.8) is 0 Å². The van der Waals surface area contributed by atoms with Gasteiger partial charge in [-0.1, -0.05) is 53.5 Å². The highest BCUT2D eigenvalue weighted by Gasteiger charge is 2.64. The summed E-state index contributed by atoms with van der Waals surface area (Å²) in [6.45, 7) is 0. The highest BCUT2D eigenvalue weighted by atomic mass is 35.5. The van der Waals surface area contributed by atoms with E-state index >= 15 is 0 Å². The number of nitrogens with zero attached hydrogens (tertiary/aromatic N) is 1. The van der Waals surface area contributed by atoms with Crippen molar-refractivity contribution in [1.82, 2.24) is 0 Å². The summed E-state index contributed by atoms with van der Waals surface area (Å²) in [5.41, 5.74) is 1.69. The number of anilines is 1. The Morgan fingerprint density at radius 2 is 1.62 bits per heavy atom. The Bertz CT molecular complexity index is 913. The fourth-order valence-electron chi connectivity index (χ4n) is 5.44. The van der Waals surface area contributed by atoms with Crippen LogP contribution in [-0.2, 0) is 9.59 Å². The van der Waals surface area contributed by atoms with Gasteiger partial charge in [0.05, 0.1) is 22.5 Å². The Kier molecular flexibility index (Phi) is 3.67. The van der Waals surface area contributed by atoms with Crippen molar-refractivity contribution in [2.75, 3.05) is 4.90 Å². The molecule has 0 N–H and O–H groups in total. The highest BCUT2D eigenvalue weighted by Crippen LogP contribution is 2.62. The van der Waals surface area contributed by atoms with Gasteiger partial charge < -0.3 is 0 Å². The van der Waals surface area contributed by atoms with Gasteiger partial charge in [0, 0.05) is 5.02 Å². The molecule has 3 nitrogen and oxygen atoms in total. The molecule has 0 unspecified atom stereocenters. The Balaban J connectivity index is 1.52. The van der Waals surface area contributed by atoms with Gasteiger partial charge >= 0.3 is 0 Å². The summed E-state index contributed by atoms with van der Waals surface area (Å²) in [6, 6.07) is 15.3. The van der Waals surface area contributed by atoms with Crippen LogP contribution in [0.25, 0.3) is 0 Å². The molecule has 132 valence electrons. The summed E-state index contributed by atoms with van der Waals surface area (Å²) >= 11 is 12.3. The lowest BCUT2D eigenvalue weighted by Crippen LogP contribution is -2.33. The fourth-order valence-corrected chi connectivity index (χ4v) is 5.81. The highest BCUT2D eigenvalue weighted by molar-refractivity contribution is 6.37. The van der Waals surface area contributed by atoms with E-state index in [9.17, 15) is 9.59 Å². The molecular formula is C21H17Cl2NO2. The number of rotatable bonds is 2. The number of carbonyl (C=O) groups is 2. The number of imide groups is 1. The summed E-state index contributed by atoms with van der Waals surface area (Å²) in [4.78, 5) is 27.6. The molecule has 2 aromatic carbocycles. The van der Waals surface area contributed by atoms with Crippen LogP contribution in [0.2, 0.25) is 10.0 Å². The molecule has 3 aliphatic rings. The Morgan fingerprint density at radius 3 is 2.38 bits per heavy atom. The van der Waals surface area contributed by atoms with Crippen molar-refractivity contribution >= 4 is 40.7 Å². The van der Waals surface area contributed by atoms with Crippen LogP contribution in [0.5, 0.6) is 0 Å². The molecule has 5 atom stereocenters. The standard InChI is InChI=1S/C21H17Cl2NO2/c22-13-6-7-16(23)17(10-13)24-20(25)18-12-8-14(11-4-2-1-3-5-11)15(9-12)19(18)21(24)26/h1-7,10,12,14-15,18-19H,8-9H2/t12-,14+,15-,18-,19+/m1/s1. The number of halogens is 2. The molecule has 2 saturated carbocycles. The average molecular weight is 386 g/mol. The third-order valence-corrected chi connectivity index (χ3v) is 6.95. The maximum atomic E-state index is 13.2. The summed E-state index contributed by atoms with van der Waals surface area (Å²) in [5, 5.41) is 0.843. The van der Waals surface area contributed by atoms with E-state index in [1.807, 2.05) is 18.2 Å².